The molecular formula is C19H17ClN2O. The van der Waals surface area contributed by atoms with Gasteiger partial charge in [0, 0.05) is 11.6 Å². The van der Waals surface area contributed by atoms with Crippen LogP contribution in [0.4, 0.5) is 0 Å². The lowest BCUT2D eigenvalue weighted by Crippen LogP contribution is -3.00. The molecule has 0 aliphatic heterocycles. The summed E-state index contributed by atoms with van der Waals surface area (Å²) in [6.45, 7) is 0.705. The molecule has 1 aromatic heterocycles. The van der Waals surface area contributed by atoms with Crippen LogP contribution in [0.1, 0.15) is 15.9 Å². The number of amides is 1. The van der Waals surface area contributed by atoms with E-state index in [2.05, 4.69) is 36.4 Å². The lowest BCUT2D eigenvalue weighted by Gasteiger charge is -2.03. The highest BCUT2D eigenvalue weighted by molar-refractivity contribution is 5.92. The summed E-state index contributed by atoms with van der Waals surface area (Å²) in [4.78, 5) is 11.2. The Bertz CT molecular complexity index is 786. The number of halogens is 1. The summed E-state index contributed by atoms with van der Waals surface area (Å²) in [5.74, 6) is -0.409. The van der Waals surface area contributed by atoms with Gasteiger partial charge >= 0.3 is 0 Å². The average molecular weight is 325 g/mol. The van der Waals surface area contributed by atoms with Crippen LogP contribution in [0.2, 0.25) is 0 Å². The maximum Gasteiger partial charge on any atom is 0.254 e. The second-order valence-corrected chi connectivity index (χ2v) is 5.19. The van der Waals surface area contributed by atoms with Crippen molar-refractivity contribution < 1.29 is 21.8 Å². The predicted molar refractivity (Wildman–Crippen MR) is 86.1 cm³/mol. The van der Waals surface area contributed by atoms with Crippen molar-refractivity contribution >= 4 is 5.91 Å². The molecule has 0 spiro atoms. The fourth-order valence-corrected chi connectivity index (χ4v) is 2.41. The first-order valence-corrected chi connectivity index (χ1v) is 7.16. The highest BCUT2D eigenvalue weighted by Crippen LogP contribution is 2.19. The van der Waals surface area contributed by atoms with Gasteiger partial charge in [0.25, 0.3) is 5.91 Å². The van der Waals surface area contributed by atoms with Crippen LogP contribution in [-0.4, -0.2) is 5.91 Å². The van der Waals surface area contributed by atoms with Crippen LogP contribution < -0.4 is 22.7 Å². The summed E-state index contributed by atoms with van der Waals surface area (Å²) in [5, 5.41) is 0. The minimum Gasteiger partial charge on any atom is -1.00 e. The van der Waals surface area contributed by atoms with Gasteiger partial charge in [0.1, 0.15) is 5.56 Å². The standard InChI is InChI=1S/C19H16N2O.ClH/c20-19(22)18-7-4-12-21(14-18)13-15-8-10-17(11-9-15)16-5-2-1-3-6-16;/h1-12,14H,13H2,(H-,20,22);1H. The van der Waals surface area contributed by atoms with Gasteiger partial charge in [-0.25, -0.2) is 0 Å². The first kappa shape index (κ1) is 16.7. The highest BCUT2D eigenvalue weighted by atomic mass is 35.5. The first-order valence-electron chi connectivity index (χ1n) is 7.16. The molecule has 3 nitrogen and oxygen atoms in total. The number of benzene rings is 2. The maximum atomic E-state index is 11.2. The van der Waals surface area contributed by atoms with E-state index in [1.807, 2.05) is 35.0 Å². The molecule has 0 saturated heterocycles. The van der Waals surface area contributed by atoms with Gasteiger partial charge in [0.15, 0.2) is 18.9 Å². The van der Waals surface area contributed by atoms with Gasteiger partial charge in [0.2, 0.25) is 0 Å². The molecule has 116 valence electrons. The Morgan fingerprint density at radius 1 is 0.870 bits per heavy atom. The molecule has 0 aliphatic rings. The van der Waals surface area contributed by atoms with Crippen molar-refractivity contribution in [2.75, 3.05) is 0 Å². The van der Waals surface area contributed by atoms with Crippen molar-refractivity contribution in [3.8, 4) is 11.1 Å². The van der Waals surface area contributed by atoms with Gasteiger partial charge in [-0.05, 0) is 17.2 Å². The Kier molecular flexibility index (Phi) is 5.50. The van der Waals surface area contributed by atoms with Crippen LogP contribution in [0.15, 0.2) is 79.1 Å². The molecule has 1 amide bonds. The third-order valence-corrected chi connectivity index (χ3v) is 3.57. The van der Waals surface area contributed by atoms with Gasteiger partial charge in [-0.3, -0.25) is 4.79 Å². The molecular weight excluding hydrogens is 308 g/mol. The van der Waals surface area contributed by atoms with Gasteiger partial charge < -0.3 is 18.1 Å². The average Bonchev–Trinajstić information content (AvgIpc) is 2.56. The van der Waals surface area contributed by atoms with Crippen LogP contribution in [-0.2, 0) is 6.54 Å². The lowest BCUT2D eigenvalue weighted by atomic mass is 10.0. The van der Waals surface area contributed by atoms with E-state index in [9.17, 15) is 4.79 Å². The third kappa shape index (κ3) is 4.18. The molecule has 3 rings (SSSR count). The van der Waals surface area contributed by atoms with Crippen molar-refractivity contribution in [2.24, 2.45) is 5.73 Å². The van der Waals surface area contributed by atoms with Gasteiger partial charge in [-0.1, -0.05) is 54.6 Å². The van der Waals surface area contributed by atoms with E-state index >= 15 is 0 Å². The Hall–Kier alpha value is -2.65. The molecule has 0 saturated carbocycles. The van der Waals surface area contributed by atoms with E-state index in [1.54, 1.807) is 12.3 Å². The summed E-state index contributed by atoms with van der Waals surface area (Å²) in [5.41, 5.74) is 9.40. The van der Waals surface area contributed by atoms with Crippen molar-refractivity contribution in [3.05, 3.63) is 90.3 Å². The van der Waals surface area contributed by atoms with E-state index in [0.717, 1.165) is 0 Å². The number of nitrogens with zero attached hydrogens (tertiary/aromatic N) is 1. The number of rotatable bonds is 4. The van der Waals surface area contributed by atoms with E-state index in [4.69, 9.17) is 5.73 Å². The highest BCUT2D eigenvalue weighted by Gasteiger charge is 2.08. The second-order valence-electron chi connectivity index (χ2n) is 5.19. The zero-order chi connectivity index (χ0) is 15.4. The van der Waals surface area contributed by atoms with Gasteiger partial charge in [-0.2, -0.15) is 4.57 Å². The van der Waals surface area contributed by atoms with Crippen LogP contribution in [0.5, 0.6) is 0 Å². The minimum absolute atomic E-state index is 0. The van der Waals surface area contributed by atoms with Gasteiger partial charge in [0.05, 0.1) is 0 Å². The predicted octanol–water partition coefficient (Wildman–Crippen LogP) is -0.208. The van der Waals surface area contributed by atoms with Crippen molar-refractivity contribution in [2.45, 2.75) is 6.54 Å². The Balaban J connectivity index is 0.00000192. The van der Waals surface area contributed by atoms with E-state index in [0.29, 0.717) is 12.1 Å². The zero-order valence-electron chi connectivity index (χ0n) is 12.5. The zero-order valence-corrected chi connectivity index (χ0v) is 13.3. The van der Waals surface area contributed by atoms with E-state index < -0.39 is 5.91 Å². The summed E-state index contributed by atoms with van der Waals surface area (Å²) in [6.07, 6.45) is 3.70. The second kappa shape index (κ2) is 7.56. The van der Waals surface area contributed by atoms with Crippen molar-refractivity contribution in [1.82, 2.24) is 0 Å². The van der Waals surface area contributed by atoms with Crippen molar-refractivity contribution in [3.63, 3.8) is 0 Å². The third-order valence-electron chi connectivity index (χ3n) is 3.57. The number of carbonyl (C=O) groups excluding carboxylic acids is 1. The molecule has 2 N–H and O–H groups in total. The molecule has 1 heterocycles. The quantitative estimate of drug-likeness (QED) is 0.663. The Morgan fingerprint density at radius 2 is 1.52 bits per heavy atom. The molecule has 0 unspecified atom stereocenters. The van der Waals surface area contributed by atoms with E-state index in [-0.39, 0.29) is 12.4 Å². The largest absolute Gasteiger partial charge is 1.00 e. The molecule has 2 aromatic carbocycles. The number of primary amides is 1. The summed E-state index contributed by atoms with van der Waals surface area (Å²) in [7, 11) is 0. The van der Waals surface area contributed by atoms with Gasteiger partial charge in [-0.15, -0.1) is 0 Å². The molecule has 0 atom stereocenters. The fraction of sp³-hybridized carbons (Fsp3) is 0.0526. The summed E-state index contributed by atoms with van der Waals surface area (Å²) in [6, 6.07) is 22.3. The number of hydrogen-bond donors (Lipinski definition) is 1. The number of nitrogens with two attached hydrogens (primary N) is 1. The minimum atomic E-state index is -0.409. The number of hydrogen-bond acceptors (Lipinski definition) is 1. The van der Waals surface area contributed by atoms with Crippen LogP contribution in [0, 0.1) is 0 Å². The number of pyridine rings is 1. The van der Waals surface area contributed by atoms with Crippen LogP contribution in [0.3, 0.4) is 0 Å². The summed E-state index contributed by atoms with van der Waals surface area (Å²) < 4.78 is 1.96. The SMILES string of the molecule is NC(=O)c1ccc[n+](Cc2ccc(-c3ccccc3)cc2)c1.[Cl-]. The number of aromatic nitrogens is 1. The number of carbonyl (C=O) groups is 1. The molecule has 3 aromatic rings. The normalized spacial score (nSPS) is 9.91. The van der Waals surface area contributed by atoms with Crippen molar-refractivity contribution in [1.29, 1.82) is 0 Å². The molecule has 0 fully saturated rings. The summed E-state index contributed by atoms with van der Waals surface area (Å²) >= 11 is 0. The smallest absolute Gasteiger partial charge is 0.254 e. The molecule has 0 aliphatic carbocycles. The lowest BCUT2D eigenvalue weighted by molar-refractivity contribution is -0.688. The Labute approximate surface area is 141 Å². The topological polar surface area (TPSA) is 47.0 Å². The van der Waals surface area contributed by atoms with Crippen LogP contribution in [0.25, 0.3) is 11.1 Å². The Morgan fingerprint density at radius 3 is 2.17 bits per heavy atom. The molecule has 23 heavy (non-hydrogen) atoms. The monoisotopic (exact) mass is 324 g/mol. The first-order chi connectivity index (χ1) is 10.7. The van der Waals surface area contributed by atoms with Crippen LogP contribution >= 0.6 is 0 Å². The molecule has 4 heteroatoms. The maximum absolute atomic E-state index is 11.2. The molecule has 0 radical (unpaired) electrons. The van der Waals surface area contributed by atoms with E-state index in [1.165, 1.54) is 16.7 Å². The molecule has 0 bridgehead atoms. The fourth-order valence-electron chi connectivity index (χ4n) is 2.41.